The molecular formula is C27H27N3O4S. The zero-order chi connectivity index (χ0) is 25.2. The van der Waals surface area contributed by atoms with Gasteiger partial charge in [-0.2, -0.15) is 0 Å². The third-order valence-electron chi connectivity index (χ3n) is 5.19. The van der Waals surface area contributed by atoms with Gasteiger partial charge in [0.25, 0.3) is 0 Å². The van der Waals surface area contributed by atoms with E-state index in [1.54, 1.807) is 24.5 Å². The van der Waals surface area contributed by atoms with Gasteiger partial charge >= 0.3 is 5.97 Å². The van der Waals surface area contributed by atoms with Crippen molar-refractivity contribution in [2.45, 2.75) is 44.9 Å². The van der Waals surface area contributed by atoms with Gasteiger partial charge < -0.3 is 9.47 Å². The number of aryl methyl sites for hydroxylation is 1. The van der Waals surface area contributed by atoms with Gasteiger partial charge in [-0.1, -0.05) is 30.3 Å². The SMILES string of the molecule is Cc1ccc2c(CC(=O)OC(C)(C)C)cccc2c1Oc1ncccc1-c1ccnc(S(C)=O)n1. The molecule has 1 unspecified atom stereocenters. The number of rotatable bonds is 6. The molecule has 2 aromatic heterocycles. The molecule has 0 saturated carbocycles. The molecule has 2 heterocycles. The van der Waals surface area contributed by atoms with Gasteiger partial charge in [0.05, 0.1) is 28.5 Å². The minimum atomic E-state index is -1.32. The van der Waals surface area contributed by atoms with Crippen LogP contribution in [0.25, 0.3) is 22.0 Å². The smallest absolute Gasteiger partial charge is 0.310 e. The van der Waals surface area contributed by atoms with Crippen molar-refractivity contribution in [1.29, 1.82) is 0 Å². The minimum Gasteiger partial charge on any atom is -0.460 e. The number of carbonyl (C=O) groups is 1. The number of hydrogen-bond acceptors (Lipinski definition) is 7. The van der Waals surface area contributed by atoms with Crippen LogP contribution in [-0.2, 0) is 26.8 Å². The van der Waals surface area contributed by atoms with Gasteiger partial charge in [0.2, 0.25) is 11.0 Å². The fourth-order valence-corrected chi connectivity index (χ4v) is 4.16. The van der Waals surface area contributed by atoms with Crippen LogP contribution in [0.2, 0.25) is 0 Å². The van der Waals surface area contributed by atoms with Gasteiger partial charge in [-0.05, 0) is 62.4 Å². The summed E-state index contributed by atoms with van der Waals surface area (Å²) in [7, 11) is -1.32. The van der Waals surface area contributed by atoms with Crippen LogP contribution in [0.15, 0.2) is 66.1 Å². The highest BCUT2D eigenvalue weighted by Crippen LogP contribution is 2.37. The standard InChI is InChI=1S/C27H27N3O4S/c1-17-11-12-19-18(16-23(31)34-27(2,3)4)8-6-9-20(19)24(17)33-25-21(10-7-14-28-25)22-13-15-29-26(30-22)35(5)32/h6-15H,16H2,1-5H3. The van der Waals surface area contributed by atoms with Crippen molar-refractivity contribution in [3.63, 3.8) is 0 Å². The molecule has 2 aromatic carbocycles. The van der Waals surface area contributed by atoms with Crippen LogP contribution in [0.3, 0.4) is 0 Å². The minimum absolute atomic E-state index is 0.157. The summed E-state index contributed by atoms with van der Waals surface area (Å²) in [6, 6.07) is 15.1. The summed E-state index contributed by atoms with van der Waals surface area (Å²) < 4.78 is 23.8. The van der Waals surface area contributed by atoms with Gasteiger partial charge in [-0.3, -0.25) is 9.00 Å². The Balaban J connectivity index is 1.75. The second kappa shape index (κ2) is 9.92. The molecule has 0 aliphatic heterocycles. The van der Waals surface area contributed by atoms with E-state index in [9.17, 15) is 9.00 Å². The highest BCUT2D eigenvalue weighted by atomic mass is 32.2. The topological polar surface area (TPSA) is 91.3 Å². The van der Waals surface area contributed by atoms with E-state index in [-0.39, 0.29) is 17.5 Å². The van der Waals surface area contributed by atoms with E-state index in [2.05, 4.69) is 15.0 Å². The van der Waals surface area contributed by atoms with Crippen molar-refractivity contribution >= 4 is 27.5 Å². The molecule has 0 saturated heterocycles. The molecule has 8 heteroatoms. The Morgan fingerprint density at radius 1 is 0.971 bits per heavy atom. The van der Waals surface area contributed by atoms with Gasteiger partial charge in [-0.25, -0.2) is 15.0 Å². The molecule has 0 amide bonds. The number of benzene rings is 2. The molecular weight excluding hydrogens is 462 g/mol. The van der Waals surface area contributed by atoms with E-state index >= 15 is 0 Å². The van der Waals surface area contributed by atoms with Crippen molar-refractivity contribution < 1.29 is 18.5 Å². The molecule has 180 valence electrons. The highest BCUT2D eigenvalue weighted by Gasteiger charge is 2.19. The zero-order valence-electron chi connectivity index (χ0n) is 20.4. The Hall–Kier alpha value is -3.65. The number of esters is 1. The number of carbonyl (C=O) groups excluding carboxylic acids is 1. The van der Waals surface area contributed by atoms with Crippen molar-refractivity contribution in [3.05, 3.63) is 72.1 Å². The first-order valence-corrected chi connectivity index (χ1v) is 12.7. The summed E-state index contributed by atoms with van der Waals surface area (Å²) in [6.45, 7) is 7.52. The normalized spacial score (nSPS) is 12.4. The van der Waals surface area contributed by atoms with Crippen molar-refractivity contribution in [2.24, 2.45) is 0 Å². The molecule has 35 heavy (non-hydrogen) atoms. The first-order chi connectivity index (χ1) is 16.6. The number of ether oxygens (including phenoxy) is 2. The number of nitrogens with zero attached hydrogens (tertiary/aromatic N) is 3. The first-order valence-electron chi connectivity index (χ1n) is 11.1. The number of hydrogen-bond donors (Lipinski definition) is 0. The molecule has 0 spiro atoms. The number of aromatic nitrogens is 3. The Kier molecular flexibility index (Phi) is 6.93. The summed E-state index contributed by atoms with van der Waals surface area (Å²) in [5.41, 5.74) is 2.45. The lowest BCUT2D eigenvalue weighted by molar-refractivity contribution is -0.153. The lowest BCUT2D eigenvalue weighted by Gasteiger charge is -2.20. The van der Waals surface area contributed by atoms with Gasteiger partial charge in [0, 0.05) is 24.0 Å². The maximum absolute atomic E-state index is 12.5. The molecule has 4 rings (SSSR count). The van der Waals surface area contributed by atoms with E-state index in [1.807, 2.05) is 64.1 Å². The largest absolute Gasteiger partial charge is 0.460 e. The van der Waals surface area contributed by atoms with Crippen molar-refractivity contribution in [2.75, 3.05) is 6.26 Å². The quantitative estimate of drug-likeness (QED) is 0.264. The van der Waals surface area contributed by atoms with E-state index in [1.165, 1.54) is 6.26 Å². The maximum atomic E-state index is 12.5. The highest BCUT2D eigenvalue weighted by molar-refractivity contribution is 7.84. The Labute approximate surface area is 207 Å². The predicted molar refractivity (Wildman–Crippen MR) is 136 cm³/mol. The monoisotopic (exact) mass is 489 g/mol. The third-order valence-corrected chi connectivity index (χ3v) is 5.90. The molecule has 0 aliphatic rings. The summed E-state index contributed by atoms with van der Waals surface area (Å²) in [5.74, 6) is 0.724. The number of fused-ring (bicyclic) bond motifs is 1. The molecule has 0 bridgehead atoms. The predicted octanol–water partition coefficient (Wildman–Crippen LogP) is 5.41. The molecule has 0 aliphatic carbocycles. The van der Waals surface area contributed by atoms with E-state index in [4.69, 9.17) is 9.47 Å². The van der Waals surface area contributed by atoms with Crippen LogP contribution >= 0.6 is 0 Å². The van der Waals surface area contributed by atoms with E-state index < -0.39 is 16.4 Å². The van der Waals surface area contributed by atoms with Gasteiger partial charge in [0.15, 0.2) is 0 Å². The van der Waals surface area contributed by atoms with Gasteiger partial charge in [-0.15, -0.1) is 0 Å². The van der Waals surface area contributed by atoms with Crippen LogP contribution < -0.4 is 4.74 Å². The fourth-order valence-electron chi connectivity index (χ4n) is 3.72. The average molecular weight is 490 g/mol. The molecule has 7 nitrogen and oxygen atoms in total. The molecule has 0 fully saturated rings. The zero-order valence-corrected chi connectivity index (χ0v) is 21.2. The van der Waals surface area contributed by atoms with Crippen LogP contribution in [-0.4, -0.2) is 37.0 Å². The fraction of sp³-hybridized carbons (Fsp3) is 0.259. The lowest BCUT2D eigenvalue weighted by atomic mass is 9.99. The summed E-state index contributed by atoms with van der Waals surface area (Å²) >= 11 is 0. The van der Waals surface area contributed by atoms with Gasteiger partial charge in [0.1, 0.15) is 11.4 Å². The lowest BCUT2D eigenvalue weighted by Crippen LogP contribution is -2.24. The van der Waals surface area contributed by atoms with Crippen LogP contribution in [0, 0.1) is 6.92 Å². The van der Waals surface area contributed by atoms with Crippen LogP contribution in [0.5, 0.6) is 11.6 Å². The average Bonchev–Trinajstić information content (AvgIpc) is 2.80. The van der Waals surface area contributed by atoms with E-state index in [0.717, 1.165) is 21.9 Å². The first kappa shape index (κ1) is 24.5. The maximum Gasteiger partial charge on any atom is 0.310 e. The van der Waals surface area contributed by atoms with Crippen LogP contribution in [0.4, 0.5) is 0 Å². The van der Waals surface area contributed by atoms with Crippen molar-refractivity contribution in [3.8, 4) is 22.9 Å². The molecule has 4 aromatic rings. The summed E-state index contributed by atoms with van der Waals surface area (Å²) in [4.78, 5) is 25.4. The Morgan fingerprint density at radius 2 is 1.77 bits per heavy atom. The second-order valence-electron chi connectivity index (χ2n) is 9.12. The summed E-state index contributed by atoms with van der Waals surface area (Å²) in [6.07, 6.45) is 4.91. The van der Waals surface area contributed by atoms with Crippen LogP contribution in [0.1, 0.15) is 31.9 Å². The Bertz CT molecular complexity index is 1430. The molecule has 0 radical (unpaired) electrons. The molecule has 1 atom stereocenters. The molecule has 0 N–H and O–H groups in total. The third kappa shape index (κ3) is 5.71. The second-order valence-corrected chi connectivity index (χ2v) is 10.4. The van der Waals surface area contributed by atoms with Crippen molar-refractivity contribution in [1.82, 2.24) is 15.0 Å². The summed E-state index contributed by atoms with van der Waals surface area (Å²) in [5, 5.41) is 2.01. The Morgan fingerprint density at radius 3 is 2.51 bits per heavy atom. The van der Waals surface area contributed by atoms with E-state index in [0.29, 0.717) is 22.9 Å². The number of pyridine rings is 1.